The Balaban J connectivity index is 2.27. The van der Waals surface area contributed by atoms with Crippen molar-refractivity contribution in [3.63, 3.8) is 0 Å². The van der Waals surface area contributed by atoms with Crippen molar-refractivity contribution >= 4 is 6.29 Å². The molecule has 3 aromatic rings. The van der Waals surface area contributed by atoms with Gasteiger partial charge < -0.3 is 0 Å². The first-order chi connectivity index (χ1) is 10.2. The van der Waals surface area contributed by atoms with Gasteiger partial charge in [0.05, 0.1) is 5.69 Å². The molecule has 0 bridgehead atoms. The molecule has 0 unspecified atom stereocenters. The Hall–Kier alpha value is -2.82. The van der Waals surface area contributed by atoms with Crippen molar-refractivity contribution < 1.29 is 4.79 Å². The molecule has 0 amide bonds. The molecular formula is C16H14N4O. The summed E-state index contributed by atoms with van der Waals surface area (Å²) >= 11 is 0. The van der Waals surface area contributed by atoms with E-state index >= 15 is 0 Å². The summed E-state index contributed by atoms with van der Waals surface area (Å²) in [5.74, 6) is 0. The van der Waals surface area contributed by atoms with Gasteiger partial charge in [-0.15, -0.1) is 5.10 Å². The predicted octanol–water partition coefficient (Wildman–Crippen LogP) is 2.76. The van der Waals surface area contributed by atoms with E-state index in [0.29, 0.717) is 11.4 Å². The Kier molecular flexibility index (Phi) is 3.31. The molecule has 1 aromatic carbocycles. The van der Waals surface area contributed by atoms with Gasteiger partial charge in [0, 0.05) is 18.0 Å². The highest BCUT2D eigenvalue weighted by Gasteiger charge is 2.16. The second kappa shape index (κ2) is 5.28. The summed E-state index contributed by atoms with van der Waals surface area (Å²) in [4.78, 5) is 15.3. The minimum atomic E-state index is 0.321. The summed E-state index contributed by atoms with van der Waals surface area (Å²) in [6, 6.07) is 9.79. The van der Waals surface area contributed by atoms with Crippen LogP contribution < -0.4 is 0 Å². The van der Waals surface area contributed by atoms with Crippen molar-refractivity contribution in [3.8, 4) is 16.9 Å². The zero-order chi connectivity index (χ0) is 14.8. The average Bonchev–Trinajstić information content (AvgIpc) is 2.94. The summed E-state index contributed by atoms with van der Waals surface area (Å²) in [5, 5.41) is 8.13. The van der Waals surface area contributed by atoms with Gasteiger partial charge in [0.15, 0.2) is 12.0 Å². The Morgan fingerprint density at radius 2 is 1.86 bits per heavy atom. The summed E-state index contributed by atoms with van der Waals surface area (Å²) < 4.78 is 1.71. The highest BCUT2D eigenvalue weighted by Crippen LogP contribution is 2.25. The fraction of sp³-hybridized carbons (Fsp3) is 0.125. The van der Waals surface area contributed by atoms with Crippen LogP contribution in [0.3, 0.4) is 0 Å². The first-order valence-corrected chi connectivity index (χ1v) is 6.59. The molecule has 0 fully saturated rings. The fourth-order valence-corrected chi connectivity index (χ4v) is 2.27. The number of aryl methyl sites for hydroxylation is 2. The Morgan fingerprint density at radius 3 is 2.57 bits per heavy atom. The molecule has 21 heavy (non-hydrogen) atoms. The number of nitrogens with zero attached hydrogens (tertiary/aromatic N) is 4. The zero-order valence-corrected chi connectivity index (χ0v) is 11.8. The van der Waals surface area contributed by atoms with Crippen molar-refractivity contribution in [2.75, 3.05) is 0 Å². The number of carbonyl (C=O) groups is 1. The topological polar surface area (TPSA) is 60.7 Å². The van der Waals surface area contributed by atoms with Crippen molar-refractivity contribution in [2.45, 2.75) is 13.8 Å². The Morgan fingerprint density at radius 1 is 1.10 bits per heavy atom. The van der Waals surface area contributed by atoms with E-state index in [4.69, 9.17) is 0 Å². The zero-order valence-electron chi connectivity index (χ0n) is 11.8. The van der Waals surface area contributed by atoms with Crippen LogP contribution in [-0.2, 0) is 0 Å². The van der Waals surface area contributed by atoms with E-state index in [1.807, 2.05) is 44.2 Å². The summed E-state index contributed by atoms with van der Waals surface area (Å²) in [6.45, 7) is 4.03. The van der Waals surface area contributed by atoms with Crippen LogP contribution in [0.4, 0.5) is 0 Å². The summed E-state index contributed by atoms with van der Waals surface area (Å²) in [5.41, 5.74) is 4.97. The molecule has 0 aliphatic heterocycles. The molecule has 104 valence electrons. The number of hydrogen-bond acceptors (Lipinski definition) is 4. The first kappa shape index (κ1) is 13.2. The normalized spacial score (nSPS) is 10.6. The fourth-order valence-electron chi connectivity index (χ4n) is 2.27. The van der Waals surface area contributed by atoms with Crippen molar-refractivity contribution in [3.05, 3.63) is 59.5 Å². The molecule has 0 N–H and O–H groups in total. The van der Waals surface area contributed by atoms with Crippen LogP contribution in [0.2, 0.25) is 0 Å². The maximum atomic E-state index is 11.3. The highest BCUT2D eigenvalue weighted by molar-refractivity contribution is 5.83. The lowest BCUT2D eigenvalue weighted by atomic mass is 10.1. The third kappa shape index (κ3) is 2.33. The van der Waals surface area contributed by atoms with E-state index in [9.17, 15) is 4.79 Å². The van der Waals surface area contributed by atoms with Gasteiger partial charge in [0.1, 0.15) is 5.69 Å². The van der Waals surface area contributed by atoms with E-state index in [2.05, 4.69) is 15.3 Å². The first-order valence-electron chi connectivity index (χ1n) is 6.59. The monoisotopic (exact) mass is 278 g/mol. The van der Waals surface area contributed by atoms with Gasteiger partial charge in [-0.2, -0.15) is 0 Å². The van der Waals surface area contributed by atoms with E-state index < -0.39 is 0 Å². The van der Waals surface area contributed by atoms with Gasteiger partial charge in [-0.1, -0.05) is 17.3 Å². The molecule has 2 aromatic heterocycles. The Labute approximate surface area is 122 Å². The smallest absolute Gasteiger partial charge is 0.172 e. The maximum absolute atomic E-state index is 11.3. The van der Waals surface area contributed by atoms with E-state index in [0.717, 1.165) is 28.7 Å². The molecule has 0 saturated carbocycles. The molecule has 0 atom stereocenters. The number of rotatable bonds is 3. The number of aldehydes is 1. The van der Waals surface area contributed by atoms with Crippen LogP contribution in [0.25, 0.3) is 16.9 Å². The lowest BCUT2D eigenvalue weighted by molar-refractivity contribution is 0.111. The highest BCUT2D eigenvalue weighted by atomic mass is 16.1. The maximum Gasteiger partial charge on any atom is 0.172 e. The third-order valence-corrected chi connectivity index (χ3v) is 3.35. The molecule has 3 rings (SSSR count). The SMILES string of the molecule is Cc1ccc(C)c(-n2nnc(C=O)c2-c2ccncc2)c1. The number of aromatic nitrogens is 4. The lowest BCUT2D eigenvalue weighted by Gasteiger charge is -2.10. The summed E-state index contributed by atoms with van der Waals surface area (Å²) in [6.07, 6.45) is 4.10. The van der Waals surface area contributed by atoms with Crippen LogP contribution in [0, 0.1) is 13.8 Å². The number of hydrogen-bond donors (Lipinski definition) is 0. The molecule has 0 spiro atoms. The third-order valence-electron chi connectivity index (χ3n) is 3.35. The van der Waals surface area contributed by atoms with E-state index in [-0.39, 0.29) is 0 Å². The second-order valence-electron chi connectivity index (χ2n) is 4.88. The molecule has 0 saturated heterocycles. The minimum Gasteiger partial charge on any atom is -0.296 e. The van der Waals surface area contributed by atoms with Crippen LogP contribution in [0.15, 0.2) is 42.7 Å². The quantitative estimate of drug-likeness (QED) is 0.691. The average molecular weight is 278 g/mol. The molecule has 0 aliphatic carbocycles. The van der Waals surface area contributed by atoms with Crippen LogP contribution in [-0.4, -0.2) is 26.3 Å². The number of pyridine rings is 1. The van der Waals surface area contributed by atoms with E-state index in [1.54, 1.807) is 17.1 Å². The minimum absolute atomic E-state index is 0.321. The molecule has 0 aliphatic rings. The lowest BCUT2D eigenvalue weighted by Crippen LogP contribution is -2.03. The molecule has 0 radical (unpaired) electrons. The predicted molar refractivity (Wildman–Crippen MR) is 79.5 cm³/mol. The number of benzene rings is 1. The van der Waals surface area contributed by atoms with Crippen LogP contribution >= 0.6 is 0 Å². The van der Waals surface area contributed by atoms with Gasteiger partial charge in [0.25, 0.3) is 0 Å². The van der Waals surface area contributed by atoms with Crippen molar-refractivity contribution in [1.82, 2.24) is 20.0 Å². The van der Waals surface area contributed by atoms with Gasteiger partial charge >= 0.3 is 0 Å². The van der Waals surface area contributed by atoms with Gasteiger partial charge in [-0.3, -0.25) is 9.78 Å². The molecular weight excluding hydrogens is 264 g/mol. The standard InChI is InChI=1S/C16H14N4O/c1-11-3-4-12(2)15(9-11)20-16(14(10-21)18-19-20)13-5-7-17-8-6-13/h3-10H,1-2H3. The van der Waals surface area contributed by atoms with Crippen LogP contribution in [0.5, 0.6) is 0 Å². The second-order valence-corrected chi connectivity index (χ2v) is 4.88. The molecule has 5 heteroatoms. The van der Waals surface area contributed by atoms with Gasteiger partial charge in [-0.25, -0.2) is 4.68 Å². The van der Waals surface area contributed by atoms with Crippen molar-refractivity contribution in [1.29, 1.82) is 0 Å². The van der Waals surface area contributed by atoms with Gasteiger partial charge in [-0.05, 0) is 43.2 Å². The number of carbonyl (C=O) groups excluding carboxylic acids is 1. The summed E-state index contributed by atoms with van der Waals surface area (Å²) in [7, 11) is 0. The van der Waals surface area contributed by atoms with Gasteiger partial charge in [0.2, 0.25) is 0 Å². The van der Waals surface area contributed by atoms with Crippen molar-refractivity contribution in [2.24, 2.45) is 0 Å². The Bertz CT molecular complexity index is 793. The molecule has 2 heterocycles. The van der Waals surface area contributed by atoms with E-state index in [1.165, 1.54) is 0 Å². The molecule has 5 nitrogen and oxygen atoms in total. The van der Waals surface area contributed by atoms with Crippen LogP contribution in [0.1, 0.15) is 21.6 Å². The largest absolute Gasteiger partial charge is 0.296 e.